The molecular weight excluding hydrogens is 330 g/mol. The quantitative estimate of drug-likeness (QED) is 0.841. The number of nitrogens with zero attached hydrogens (tertiary/aromatic N) is 1. The Kier molecular flexibility index (Phi) is 5.82. The molecule has 0 spiro atoms. The zero-order valence-corrected chi connectivity index (χ0v) is 14.7. The van der Waals surface area contributed by atoms with Gasteiger partial charge in [0.2, 0.25) is 21.8 Å². The van der Waals surface area contributed by atoms with Crippen LogP contribution in [0.5, 0.6) is 0 Å². The number of carbonyl (C=O) groups excluding carboxylic acids is 2. The average Bonchev–Trinajstić information content (AvgIpc) is 2.54. The highest BCUT2D eigenvalue weighted by atomic mass is 32.2. The van der Waals surface area contributed by atoms with Crippen LogP contribution in [0, 0.1) is 5.92 Å². The van der Waals surface area contributed by atoms with Gasteiger partial charge >= 0.3 is 0 Å². The number of sulfonamides is 1. The van der Waals surface area contributed by atoms with Gasteiger partial charge in [0.15, 0.2) is 0 Å². The molecule has 24 heavy (non-hydrogen) atoms. The normalized spacial score (nSPS) is 18.1. The predicted molar refractivity (Wildman–Crippen MR) is 93.1 cm³/mol. The van der Waals surface area contributed by atoms with E-state index < -0.39 is 10.0 Å². The molecule has 0 bridgehead atoms. The SMILES string of the molecule is CCC(=O)N1CCCC(C(=O)Nc2ccc(NS(C)(=O)=O)cc2)C1. The molecule has 1 aromatic rings. The highest BCUT2D eigenvalue weighted by molar-refractivity contribution is 7.92. The molecule has 7 nitrogen and oxygen atoms in total. The Morgan fingerprint density at radius 3 is 2.42 bits per heavy atom. The summed E-state index contributed by atoms with van der Waals surface area (Å²) in [6.07, 6.45) is 3.10. The summed E-state index contributed by atoms with van der Waals surface area (Å²) in [6.45, 7) is 2.98. The minimum absolute atomic E-state index is 0.0729. The molecule has 1 aliphatic heterocycles. The number of amides is 2. The van der Waals surface area contributed by atoms with Crippen molar-refractivity contribution in [3.05, 3.63) is 24.3 Å². The van der Waals surface area contributed by atoms with Gasteiger partial charge in [-0.05, 0) is 37.1 Å². The number of benzene rings is 1. The lowest BCUT2D eigenvalue weighted by atomic mass is 9.96. The fourth-order valence-corrected chi connectivity index (χ4v) is 3.29. The number of piperidine rings is 1. The van der Waals surface area contributed by atoms with Crippen LogP contribution < -0.4 is 10.0 Å². The monoisotopic (exact) mass is 353 g/mol. The molecule has 0 radical (unpaired) electrons. The molecule has 2 amide bonds. The molecule has 8 heteroatoms. The second kappa shape index (κ2) is 7.65. The minimum atomic E-state index is -3.32. The third-order valence-electron chi connectivity index (χ3n) is 3.90. The molecule has 1 heterocycles. The van der Waals surface area contributed by atoms with E-state index in [1.165, 1.54) is 0 Å². The van der Waals surface area contributed by atoms with Crippen LogP contribution in [-0.2, 0) is 19.6 Å². The number of hydrogen-bond donors (Lipinski definition) is 2. The van der Waals surface area contributed by atoms with Crippen LogP contribution >= 0.6 is 0 Å². The molecular formula is C16H23N3O4S. The molecule has 132 valence electrons. The Morgan fingerprint density at radius 2 is 1.83 bits per heavy atom. The maximum atomic E-state index is 12.4. The first-order chi connectivity index (χ1) is 11.3. The Morgan fingerprint density at radius 1 is 1.21 bits per heavy atom. The van der Waals surface area contributed by atoms with E-state index in [2.05, 4.69) is 10.0 Å². The molecule has 1 aliphatic rings. The fraction of sp³-hybridized carbons (Fsp3) is 0.500. The number of anilines is 2. The van der Waals surface area contributed by atoms with Crippen molar-refractivity contribution in [1.29, 1.82) is 0 Å². The van der Waals surface area contributed by atoms with Crippen LogP contribution in [0.3, 0.4) is 0 Å². The van der Waals surface area contributed by atoms with Crippen molar-refractivity contribution in [3.8, 4) is 0 Å². The molecule has 1 atom stereocenters. The molecule has 1 saturated heterocycles. The third-order valence-corrected chi connectivity index (χ3v) is 4.51. The van der Waals surface area contributed by atoms with Gasteiger partial charge in [0.25, 0.3) is 0 Å². The standard InChI is InChI=1S/C16H23N3O4S/c1-3-15(20)19-10-4-5-12(11-19)16(21)17-13-6-8-14(9-7-13)18-24(2,22)23/h6-9,12,18H,3-5,10-11H2,1-2H3,(H,17,21). The summed E-state index contributed by atoms with van der Waals surface area (Å²) < 4.78 is 24.7. The number of rotatable bonds is 5. The van der Waals surface area contributed by atoms with Crippen molar-refractivity contribution >= 4 is 33.2 Å². The van der Waals surface area contributed by atoms with Crippen molar-refractivity contribution in [2.75, 3.05) is 29.4 Å². The van der Waals surface area contributed by atoms with Crippen LogP contribution in [0.2, 0.25) is 0 Å². The number of hydrogen-bond acceptors (Lipinski definition) is 4. The van der Waals surface area contributed by atoms with Gasteiger partial charge in [-0.15, -0.1) is 0 Å². The van der Waals surface area contributed by atoms with E-state index in [1.807, 2.05) is 6.92 Å². The Hall–Kier alpha value is -2.09. The topological polar surface area (TPSA) is 95.6 Å². The first-order valence-corrected chi connectivity index (χ1v) is 9.84. The van der Waals surface area contributed by atoms with Crippen LogP contribution in [0.1, 0.15) is 26.2 Å². The molecule has 2 rings (SSSR count). The maximum absolute atomic E-state index is 12.4. The van der Waals surface area contributed by atoms with Gasteiger partial charge in [-0.3, -0.25) is 14.3 Å². The lowest BCUT2D eigenvalue weighted by molar-refractivity contribution is -0.134. The number of nitrogens with one attached hydrogen (secondary N) is 2. The van der Waals surface area contributed by atoms with E-state index in [1.54, 1.807) is 29.2 Å². The second-order valence-electron chi connectivity index (χ2n) is 5.97. The van der Waals surface area contributed by atoms with Gasteiger partial charge in [-0.1, -0.05) is 6.92 Å². The van der Waals surface area contributed by atoms with Crippen molar-refractivity contribution in [2.24, 2.45) is 5.92 Å². The zero-order chi connectivity index (χ0) is 17.7. The Bertz CT molecular complexity index is 701. The average molecular weight is 353 g/mol. The maximum Gasteiger partial charge on any atom is 0.229 e. The Balaban J connectivity index is 1.95. The zero-order valence-electron chi connectivity index (χ0n) is 13.9. The summed E-state index contributed by atoms with van der Waals surface area (Å²) in [7, 11) is -3.32. The second-order valence-corrected chi connectivity index (χ2v) is 7.72. The van der Waals surface area contributed by atoms with Crippen LogP contribution in [-0.4, -0.2) is 44.5 Å². The number of likely N-dealkylation sites (tertiary alicyclic amines) is 1. The Labute approximate surface area is 142 Å². The molecule has 2 N–H and O–H groups in total. The molecule has 1 unspecified atom stereocenters. The smallest absolute Gasteiger partial charge is 0.229 e. The highest BCUT2D eigenvalue weighted by Gasteiger charge is 2.27. The van der Waals surface area contributed by atoms with E-state index in [0.29, 0.717) is 30.9 Å². The fourth-order valence-electron chi connectivity index (χ4n) is 2.72. The van der Waals surface area contributed by atoms with Crippen molar-refractivity contribution in [3.63, 3.8) is 0 Å². The van der Waals surface area contributed by atoms with Gasteiger partial charge in [-0.2, -0.15) is 0 Å². The molecule has 0 aliphatic carbocycles. The highest BCUT2D eigenvalue weighted by Crippen LogP contribution is 2.20. The van der Waals surface area contributed by atoms with Gasteiger partial charge in [0.05, 0.1) is 12.2 Å². The lowest BCUT2D eigenvalue weighted by Crippen LogP contribution is -2.43. The summed E-state index contributed by atoms with van der Waals surface area (Å²) in [5.74, 6) is -0.265. The van der Waals surface area contributed by atoms with Crippen LogP contribution in [0.15, 0.2) is 24.3 Å². The minimum Gasteiger partial charge on any atom is -0.342 e. The molecule has 1 aromatic carbocycles. The third kappa shape index (κ3) is 5.23. The summed E-state index contributed by atoms with van der Waals surface area (Å²) >= 11 is 0. The van der Waals surface area contributed by atoms with Crippen LogP contribution in [0.25, 0.3) is 0 Å². The van der Waals surface area contributed by atoms with E-state index in [9.17, 15) is 18.0 Å². The first-order valence-electron chi connectivity index (χ1n) is 7.95. The number of carbonyl (C=O) groups is 2. The summed E-state index contributed by atoms with van der Waals surface area (Å²) in [5, 5.41) is 2.83. The van der Waals surface area contributed by atoms with Gasteiger partial charge in [0.1, 0.15) is 0 Å². The largest absolute Gasteiger partial charge is 0.342 e. The first kappa shape index (κ1) is 18.3. The van der Waals surface area contributed by atoms with E-state index in [0.717, 1.165) is 19.1 Å². The molecule has 0 aromatic heterocycles. The van der Waals surface area contributed by atoms with Crippen molar-refractivity contribution in [1.82, 2.24) is 4.90 Å². The molecule has 0 saturated carbocycles. The van der Waals surface area contributed by atoms with E-state index >= 15 is 0 Å². The van der Waals surface area contributed by atoms with E-state index in [-0.39, 0.29) is 17.7 Å². The predicted octanol–water partition coefficient (Wildman–Crippen LogP) is 1.65. The lowest BCUT2D eigenvalue weighted by Gasteiger charge is -2.31. The van der Waals surface area contributed by atoms with Gasteiger partial charge in [-0.25, -0.2) is 8.42 Å². The summed E-state index contributed by atoms with van der Waals surface area (Å²) in [5.41, 5.74) is 1.03. The van der Waals surface area contributed by atoms with E-state index in [4.69, 9.17) is 0 Å². The molecule has 1 fully saturated rings. The van der Waals surface area contributed by atoms with Crippen molar-refractivity contribution < 1.29 is 18.0 Å². The summed E-state index contributed by atoms with van der Waals surface area (Å²) in [6, 6.07) is 6.46. The van der Waals surface area contributed by atoms with Crippen molar-refractivity contribution in [2.45, 2.75) is 26.2 Å². The van der Waals surface area contributed by atoms with Crippen LogP contribution in [0.4, 0.5) is 11.4 Å². The van der Waals surface area contributed by atoms with Gasteiger partial charge < -0.3 is 10.2 Å². The summed E-state index contributed by atoms with van der Waals surface area (Å²) in [4.78, 5) is 25.9. The van der Waals surface area contributed by atoms with Gasteiger partial charge in [0, 0.05) is 30.9 Å².